The zero-order chi connectivity index (χ0) is 17.0. The van der Waals surface area contributed by atoms with E-state index in [1.807, 2.05) is 19.1 Å². The van der Waals surface area contributed by atoms with Crippen molar-refractivity contribution in [1.29, 1.82) is 0 Å². The maximum atomic E-state index is 12.0. The van der Waals surface area contributed by atoms with E-state index in [2.05, 4.69) is 31.6 Å². The van der Waals surface area contributed by atoms with E-state index >= 15 is 0 Å². The van der Waals surface area contributed by atoms with Crippen LogP contribution in [0.25, 0.3) is 0 Å². The van der Waals surface area contributed by atoms with Gasteiger partial charge >= 0.3 is 5.97 Å². The van der Waals surface area contributed by atoms with Gasteiger partial charge in [-0.05, 0) is 40.5 Å². The summed E-state index contributed by atoms with van der Waals surface area (Å²) in [6.45, 7) is 1.73. The first kappa shape index (κ1) is 16.9. The molecule has 0 aliphatic heterocycles. The lowest BCUT2D eigenvalue weighted by Crippen LogP contribution is -2.30. The molecule has 8 nitrogen and oxygen atoms in total. The van der Waals surface area contributed by atoms with Crippen molar-refractivity contribution in [1.82, 2.24) is 20.3 Å². The molecule has 1 unspecified atom stereocenters. The smallest absolute Gasteiger partial charge is 0.358 e. The summed E-state index contributed by atoms with van der Waals surface area (Å²) in [6.07, 6.45) is 1.20. The first-order chi connectivity index (χ1) is 10.9. The maximum absolute atomic E-state index is 12.0. The van der Waals surface area contributed by atoms with Gasteiger partial charge in [0.05, 0.1) is 23.8 Å². The second-order valence-electron chi connectivity index (χ2n) is 4.79. The van der Waals surface area contributed by atoms with E-state index in [4.69, 9.17) is 9.84 Å². The first-order valence-electron chi connectivity index (χ1n) is 6.67. The normalized spacial score (nSPS) is 11.8. The van der Waals surface area contributed by atoms with Gasteiger partial charge in [0.2, 0.25) is 5.91 Å². The summed E-state index contributed by atoms with van der Waals surface area (Å²) in [4.78, 5) is 22.7. The molecule has 0 spiro atoms. The van der Waals surface area contributed by atoms with Crippen molar-refractivity contribution in [2.75, 3.05) is 7.11 Å². The van der Waals surface area contributed by atoms with Crippen molar-refractivity contribution in [2.45, 2.75) is 19.5 Å². The Morgan fingerprint density at radius 1 is 1.48 bits per heavy atom. The van der Waals surface area contributed by atoms with E-state index in [0.29, 0.717) is 5.75 Å². The van der Waals surface area contributed by atoms with Gasteiger partial charge in [0, 0.05) is 0 Å². The van der Waals surface area contributed by atoms with E-state index < -0.39 is 5.97 Å². The van der Waals surface area contributed by atoms with E-state index in [1.165, 1.54) is 10.9 Å². The number of ether oxygens (including phenoxy) is 1. The van der Waals surface area contributed by atoms with Crippen LogP contribution >= 0.6 is 15.9 Å². The van der Waals surface area contributed by atoms with Crippen molar-refractivity contribution in [3.8, 4) is 5.75 Å². The van der Waals surface area contributed by atoms with Gasteiger partial charge in [0.1, 0.15) is 12.3 Å². The molecule has 1 atom stereocenters. The van der Waals surface area contributed by atoms with Crippen LogP contribution in [0.15, 0.2) is 28.9 Å². The molecule has 2 rings (SSSR count). The Hall–Kier alpha value is -2.42. The number of hydrogen-bond donors (Lipinski definition) is 2. The number of halogens is 1. The van der Waals surface area contributed by atoms with Crippen LogP contribution in [0.5, 0.6) is 5.75 Å². The van der Waals surface area contributed by atoms with Crippen molar-refractivity contribution in [3.05, 3.63) is 40.1 Å². The predicted molar refractivity (Wildman–Crippen MR) is 84.2 cm³/mol. The minimum Gasteiger partial charge on any atom is -0.496 e. The third-order valence-electron chi connectivity index (χ3n) is 3.12. The van der Waals surface area contributed by atoms with E-state index in [9.17, 15) is 9.59 Å². The number of carboxylic acids is 1. The number of aromatic nitrogens is 3. The third kappa shape index (κ3) is 4.28. The third-order valence-corrected chi connectivity index (χ3v) is 3.74. The number of rotatable bonds is 6. The minimum absolute atomic E-state index is 0.109. The Morgan fingerprint density at radius 3 is 2.78 bits per heavy atom. The highest BCUT2D eigenvalue weighted by atomic mass is 79.9. The zero-order valence-electron chi connectivity index (χ0n) is 12.5. The highest BCUT2D eigenvalue weighted by Gasteiger charge is 2.14. The van der Waals surface area contributed by atoms with Crippen LogP contribution in [0.4, 0.5) is 0 Å². The quantitative estimate of drug-likeness (QED) is 0.785. The number of nitrogens with zero attached hydrogens (tertiary/aromatic N) is 3. The summed E-state index contributed by atoms with van der Waals surface area (Å²) in [7, 11) is 1.58. The zero-order valence-corrected chi connectivity index (χ0v) is 14.1. The first-order valence-corrected chi connectivity index (χ1v) is 7.46. The molecular formula is C14H15BrN4O4. The minimum atomic E-state index is -1.19. The highest BCUT2D eigenvalue weighted by molar-refractivity contribution is 9.10. The number of carbonyl (C=O) groups is 2. The van der Waals surface area contributed by atoms with Gasteiger partial charge in [-0.25, -0.2) is 9.48 Å². The lowest BCUT2D eigenvalue weighted by atomic mass is 10.1. The fraction of sp³-hybridized carbons (Fsp3) is 0.286. The summed E-state index contributed by atoms with van der Waals surface area (Å²) in [5.74, 6) is -0.782. The number of amides is 1. The summed E-state index contributed by atoms with van der Waals surface area (Å²) < 4.78 is 7.13. The molecule has 23 heavy (non-hydrogen) atoms. The van der Waals surface area contributed by atoms with Gasteiger partial charge < -0.3 is 15.2 Å². The van der Waals surface area contributed by atoms with Crippen LogP contribution in [0.1, 0.15) is 29.0 Å². The molecule has 122 valence electrons. The summed E-state index contributed by atoms with van der Waals surface area (Å²) in [5, 5.41) is 18.6. The second-order valence-corrected chi connectivity index (χ2v) is 5.64. The van der Waals surface area contributed by atoms with Crippen molar-refractivity contribution in [3.63, 3.8) is 0 Å². The van der Waals surface area contributed by atoms with Gasteiger partial charge in [-0.1, -0.05) is 11.3 Å². The van der Waals surface area contributed by atoms with E-state index in [0.717, 1.165) is 10.0 Å². The molecule has 2 aromatic rings. The highest BCUT2D eigenvalue weighted by Crippen LogP contribution is 2.27. The van der Waals surface area contributed by atoms with Gasteiger partial charge in [-0.3, -0.25) is 4.79 Å². The monoisotopic (exact) mass is 382 g/mol. The molecule has 0 fully saturated rings. The topological polar surface area (TPSA) is 106 Å². The number of methoxy groups -OCH3 is 1. The molecule has 9 heteroatoms. The van der Waals surface area contributed by atoms with Gasteiger partial charge in [0.15, 0.2) is 5.69 Å². The Bertz CT molecular complexity index is 731. The van der Waals surface area contributed by atoms with Crippen LogP contribution in [0.2, 0.25) is 0 Å². The number of aromatic carboxylic acids is 1. The summed E-state index contributed by atoms with van der Waals surface area (Å²) in [5.41, 5.74) is 0.695. The molecule has 1 amide bonds. The number of benzene rings is 1. The number of nitrogens with one attached hydrogen (secondary N) is 1. The van der Waals surface area contributed by atoms with E-state index in [-0.39, 0.29) is 24.2 Å². The van der Waals surface area contributed by atoms with Crippen molar-refractivity contribution in [2.24, 2.45) is 0 Å². The average Bonchev–Trinajstić information content (AvgIpc) is 2.95. The standard InChI is InChI=1S/C14H15BrN4O4/c1-8(9-3-4-12(23-2)10(15)5-9)16-13(20)7-19-6-11(14(21)22)17-18-19/h3-6,8H,7H2,1-2H3,(H,16,20)(H,21,22). The lowest BCUT2D eigenvalue weighted by Gasteiger charge is -2.15. The summed E-state index contributed by atoms with van der Waals surface area (Å²) in [6, 6.07) is 5.29. The van der Waals surface area contributed by atoms with Crippen LogP contribution in [-0.4, -0.2) is 39.1 Å². The Kier molecular flexibility index (Phi) is 5.32. The van der Waals surface area contributed by atoms with E-state index in [1.54, 1.807) is 13.2 Å². The molecule has 2 N–H and O–H groups in total. The second kappa shape index (κ2) is 7.23. The molecule has 0 aliphatic carbocycles. The largest absolute Gasteiger partial charge is 0.496 e. The van der Waals surface area contributed by atoms with Gasteiger partial charge in [-0.15, -0.1) is 5.10 Å². The van der Waals surface area contributed by atoms with Crippen LogP contribution in [0.3, 0.4) is 0 Å². The Morgan fingerprint density at radius 2 is 2.22 bits per heavy atom. The fourth-order valence-corrected chi connectivity index (χ4v) is 2.50. The van der Waals surface area contributed by atoms with Crippen LogP contribution in [0, 0.1) is 0 Å². The maximum Gasteiger partial charge on any atom is 0.358 e. The SMILES string of the molecule is COc1ccc(C(C)NC(=O)Cn2cc(C(=O)O)nn2)cc1Br. The molecular weight excluding hydrogens is 368 g/mol. The molecule has 0 aliphatic rings. The van der Waals surface area contributed by atoms with Crippen molar-refractivity contribution < 1.29 is 19.4 Å². The molecule has 1 heterocycles. The number of hydrogen-bond acceptors (Lipinski definition) is 5. The molecule has 1 aromatic carbocycles. The van der Waals surface area contributed by atoms with Gasteiger partial charge in [-0.2, -0.15) is 0 Å². The Labute approximate surface area is 140 Å². The van der Waals surface area contributed by atoms with Crippen LogP contribution < -0.4 is 10.1 Å². The molecule has 0 saturated carbocycles. The Balaban J connectivity index is 1.98. The predicted octanol–water partition coefficient (Wildman–Crippen LogP) is 1.62. The molecule has 0 saturated heterocycles. The molecule has 0 bridgehead atoms. The van der Waals surface area contributed by atoms with Crippen molar-refractivity contribution >= 4 is 27.8 Å². The average molecular weight is 383 g/mol. The van der Waals surface area contributed by atoms with Crippen LogP contribution in [-0.2, 0) is 11.3 Å². The number of carboxylic acid groups (broad SMARTS) is 1. The van der Waals surface area contributed by atoms with Gasteiger partial charge in [0.25, 0.3) is 0 Å². The molecule has 0 radical (unpaired) electrons. The fourth-order valence-electron chi connectivity index (χ4n) is 1.94. The number of carbonyl (C=O) groups excluding carboxylic acids is 1. The molecule has 1 aromatic heterocycles. The summed E-state index contributed by atoms with van der Waals surface area (Å²) >= 11 is 3.40. The lowest BCUT2D eigenvalue weighted by molar-refractivity contribution is -0.122.